The Morgan fingerprint density at radius 2 is 0.846 bits per heavy atom. The third kappa shape index (κ3) is 5.31. The lowest BCUT2D eigenvalue weighted by atomic mass is 10.0. The van der Waals surface area contributed by atoms with E-state index in [4.69, 9.17) is 19.4 Å². The number of para-hydroxylation sites is 2. The van der Waals surface area contributed by atoms with Crippen molar-refractivity contribution in [1.82, 2.24) is 24.1 Å². The molecule has 0 bridgehead atoms. The maximum absolute atomic E-state index is 7.19. The molecule has 4 heterocycles. The van der Waals surface area contributed by atoms with Gasteiger partial charge in [0.05, 0.1) is 27.8 Å². The first-order valence-electron chi connectivity index (χ1n) is 21.9. The summed E-state index contributed by atoms with van der Waals surface area (Å²) in [4.78, 5) is 15.5. The molecule has 10 aromatic carbocycles. The molecular formula is C59H35N5O. The van der Waals surface area contributed by atoms with Crippen LogP contribution < -0.4 is 0 Å². The average molecular weight is 830 g/mol. The van der Waals surface area contributed by atoms with Crippen molar-refractivity contribution in [2.24, 2.45) is 0 Å². The molecule has 0 atom stereocenters. The molecular weight excluding hydrogens is 795 g/mol. The zero-order valence-corrected chi connectivity index (χ0v) is 34.9. The van der Waals surface area contributed by atoms with Crippen LogP contribution in [-0.4, -0.2) is 24.1 Å². The van der Waals surface area contributed by atoms with E-state index in [1.807, 2.05) is 66.7 Å². The van der Waals surface area contributed by atoms with Crippen LogP contribution in [0.2, 0.25) is 0 Å². The van der Waals surface area contributed by atoms with E-state index in [0.717, 1.165) is 72.1 Å². The lowest BCUT2D eigenvalue weighted by Gasteiger charge is -2.14. The summed E-state index contributed by atoms with van der Waals surface area (Å²) in [6.07, 6.45) is 0. The Morgan fingerprint density at radius 1 is 0.338 bits per heavy atom. The molecule has 0 radical (unpaired) electrons. The Morgan fingerprint density at radius 3 is 1.46 bits per heavy atom. The number of hydrogen-bond donors (Lipinski definition) is 0. The molecule has 0 unspecified atom stereocenters. The van der Waals surface area contributed by atoms with Crippen molar-refractivity contribution in [3.8, 4) is 45.5 Å². The second-order valence-electron chi connectivity index (χ2n) is 16.7. The standard InChI is InChI=1S/C59H35N5O/c1-3-18-38(19-4-1)57-60-58(39-20-5-2-6-21-39)62-59(61-57)45-26-15-29-52-55(45)46-34-40(63-47-27-13-11-24-43(47)53-41-22-9-7-16-36(41)30-32-49(53)63)35-51(56(46)65-52)64-48-28-14-12-25-44(48)54-42-23-10-8-17-37(42)31-33-50(54)64/h1-35H. The van der Waals surface area contributed by atoms with Crippen LogP contribution in [0.25, 0.3) is 133 Å². The van der Waals surface area contributed by atoms with Crippen molar-refractivity contribution < 1.29 is 4.42 Å². The van der Waals surface area contributed by atoms with Crippen LogP contribution in [0.3, 0.4) is 0 Å². The number of aromatic nitrogens is 5. The lowest BCUT2D eigenvalue weighted by Crippen LogP contribution is -2.01. The molecule has 0 spiro atoms. The molecule has 14 rings (SSSR count). The normalized spacial score (nSPS) is 12.0. The summed E-state index contributed by atoms with van der Waals surface area (Å²) in [7, 11) is 0. The zero-order chi connectivity index (χ0) is 42.6. The zero-order valence-electron chi connectivity index (χ0n) is 34.9. The highest BCUT2D eigenvalue weighted by molar-refractivity contribution is 6.24. The smallest absolute Gasteiger partial charge is 0.164 e. The van der Waals surface area contributed by atoms with Crippen LogP contribution in [0.15, 0.2) is 217 Å². The molecule has 14 aromatic rings. The first-order valence-corrected chi connectivity index (χ1v) is 21.9. The number of hydrogen-bond acceptors (Lipinski definition) is 4. The lowest BCUT2D eigenvalue weighted by molar-refractivity contribution is 0.666. The van der Waals surface area contributed by atoms with Crippen LogP contribution in [0.5, 0.6) is 0 Å². The van der Waals surface area contributed by atoms with Gasteiger partial charge in [-0.2, -0.15) is 0 Å². The molecule has 0 saturated heterocycles. The van der Waals surface area contributed by atoms with Crippen molar-refractivity contribution in [3.63, 3.8) is 0 Å². The highest BCUT2D eigenvalue weighted by Gasteiger charge is 2.25. The minimum Gasteiger partial charge on any atom is -0.454 e. The maximum atomic E-state index is 7.19. The first kappa shape index (κ1) is 35.7. The summed E-state index contributed by atoms with van der Waals surface area (Å²) < 4.78 is 12.0. The van der Waals surface area contributed by atoms with Gasteiger partial charge in [-0.05, 0) is 64.0 Å². The van der Waals surface area contributed by atoms with Crippen LogP contribution in [0, 0.1) is 0 Å². The molecule has 302 valence electrons. The summed E-state index contributed by atoms with van der Waals surface area (Å²) in [5.74, 6) is 1.79. The molecule has 4 aromatic heterocycles. The highest BCUT2D eigenvalue weighted by atomic mass is 16.3. The first-order chi connectivity index (χ1) is 32.2. The molecule has 6 nitrogen and oxygen atoms in total. The van der Waals surface area contributed by atoms with Gasteiger partial charge in [-0.15, -0.1) is 0 Å². The van der Waals surface area contributed by atoms with E-state index in [1.54, 1.807) is 0 Å². The van der Waals surface area contributed by atoms with Crippen molar-refractivity contribution in [1.29, 1.82) is 0 Å². The van der Waals surface area contributed by atoms with E-state index in [2.05, 4.69) is 155 Å². The second-order valence-corrected chi connectivity index (χ2v) is 16.7. The van der Waals surface area contributed by atoms with E-state index in [1.165, 1.54) is 43.1 Å². The van der Waals surface area contributed by atoms with Gasteiger partial charge in [-0.3, -0.25) is 0 Å². The number of rotatable bonds is 5. The Hall–Kier alpha value is -8.87. The van der Waals surface area contributed by atoms with Crippen molar-refractivity contribution in [2.75, 3.05) is 0 Å². The molecule has 6 heteroatoms. The van der Waals surface area contributed by atoms with E-state index in [-0.39, 0.29) is 0 Å². The summed E-state index contributed by atoms with van der Waals surface area (Å²) in [5.41, 5.74) is 10.6. The van der Waals surface area contributed by atoms with Gasteiger partial charge in [0.15, 0.2) is 23.1 Å². The fourth-order valence-electron chi connectivity index (χ4n) is 10.3. The van der Waals surface area contributed by atoms with Gasteiger partial charge in [-0.1, -0.05) is 170 Å². The molecule has 0 aliphatic rings. The SMILES string of the molecule is c1ccc(-c2nc(-c3ccccc3)nc(-c3cccc4oc5c(-n6c7ccccc7c7c8ccccc8ccc76)cc(-n6c7ccccc7c7c8ccccc8ccc76)cc5c34)n2)cc1. The number of fused-ring (bicyclic) bond motifs is 13. The molecule has 0 fully saturated rings. The van der Waals surface area contributed by atoms with Gasteiger partial charge in [0.25, 0.3) is 0 Å². The van der Waals surface area contributed by atoms with Crippen LogP contribution in [0.1, 0.15) is 0 Å². The third-order valence-electron chi connectivity index (χ3n) is 13.1. The van der Waals surface area contributed by atoms with Gasteiger partial charge in [0.2, 0.25) is 0 Å². The predicted octanol–water partition coefficient (Wildman–Crippen LogP) is 15.3. The van der Waals surface area contributed by atoms with E-state index in [0.29, 0.717) is 17.5 Å². The fraction of sp³-hybridized carbons (Fsp3) is 0. The van der Waals surface area contributed by atoms with Gasteiger partial charge >= 0.3 is 0 Å². The minimum absolute atomic E-state index is 0.574. The Balaban J connectivity index is 1.14. The largest absolute Gasteiger partial charge is 0.454 e. The van der Waals surface area contributed by atoms with Gasteiger partial charge in [-0.25, -0.2) is 15.0 Å². The van der Waals surface area contributed by atoms with Crippen LogP contribution >= 0.6 is 0 Å². The molecule has 0 N–H and O–H groups in total. The predicted molar refractivity (Wildman–Crippen MR) is 267 cm³/mol. The van der Waals surface area contributed by atoms with Gasteiger partial charge in [0, 0.05) is 54.7 Å². The monoisotopic (exact) mass is 829 g/mol. The minimum atomic E-state index is 0.574. The summed E-state index contributed by atoms with van der Waals surface area (Å²) in [6, 6.07) is 75.0. The fourth-order valence-corrected chi connectivity index (χ4v) is 10.3. The quantitative estimate of drug-likeness (QED) is 0.173. The average Bonchev–Trinajstić information content (AvgIpc) is 4.05. The highest BCUT2D eigenvalue weighted by Crippen LogP contribution is 2.45. The van der Waals surface area contributed by atoms with Crippen molar-refractivity contribution in [3.05, 3.63) is 212 Å². The van der Waals surface area contributed by atoms with Crippen molar-refractivity contribution >= 4 is 87.1 Å². The Bertz CT molecular complexity index is 4180. The molecule has 0 saturated carbocycles. The van der Waals surface area contributed by atoms with Gasteiger partial charge in [0.1, 0.15) is 5.58 Å². The van der Waals surface area contributed by atoms with E-state index < -0.39 is 0 Å². The topological polar surface area (TPSA) is 61.7 Å². The molecule has 0 amide bonds. The summed E-state index contributed by atoms with van der Waals surface area (Å²) >= 11 is 0. The Kier molecular flexibility index (Phi) is 7.59. The maximum Gasteiger partial charge on any atom is 0.164 e. The van der Waals surface area contributed by atoms with Crippen LogP contribution in [-0.2, 0) is 0 Å². The number of benzene rings is 10. The van der Waals surface area contributed by atoms with Crippen LogP contribution in [0.4, 0.5) is 0 Å². The van der Waals surface area contributed by atoms with E-state index in [9.17, 15) is 0 Å². The second kappa shape index (κ2) is 13.8. The molecule has 0 aliphatic heterocycles. The molecule has 0 aliphatic carbocycles. The summed E-state index contributed by atoms with van der Waals surface area (Å²) in [5, 5.41) is 11.6. The number of nitrogens with zero attached hydrogens (tertiary/aromatic N) is 5. The van der Waals surface area contributed by atoms with E-state index >= 15 is 0 Å². The third-order valence-corrected chi connectivity index (χ3v) is 13.1. The van der Waals surface area contributed by atoms with Gasteiger partial charge < -0.3 is 13.6 Å². The Labute approximate surface area is 371 Å². The van der Waals surface area contributed by atoms with Crippen molar-refractivity contribution in [2.45, 2.75) is 0 Å². The summed E-state index contributed by atoms with van der Waals surface area (Å²) in [6.45, 7) is 0. The molecule has 65 heavy (non-hydrogen) atoms. The number of furan rings is 1.